The zero-order valence-electron chi connectivity index (χ0n) is 15.8. The lowest BCUT2D eigenvalue weighted by Crippen LogP contribution is -2.30. The topological polar surface area (TPSA) is 89.2 Å². The molecule has 0 radical (unpaired) electrons. The molecule has 0 aliphatic carbocycles. The van der Waals surface area contributed by atoms with Crippen molar-refractivity contribution in [2.45, 2.75) is 13.5 Å². The lowest BCUT2D eigenvalue weighted by Gasteiger charge is -2.20. The van der Waals surface area contributed by atoms with Gasteiger partial charge >= 0.3 is 0 Å². The predicted molar refractivity (Wildman–Crippen MR) is 117 cm³/mol. The summed E-state index contributed by atoms with van der Waals surface area (Å²) in [6.07, 6.45) is 3.31. The number of hydrogen-bond acceptors (Lipinski definition) is 6. The molecule has 4 rings (SSSR count). The van der Waals surface area contributed by atoms with Gasteiger partial charge < -0.3 is 0 Å². The van der Waals surface area contributed by atoms with Gasteiger partial charge in [-0.05, 0) is 42.3 Å². The zero-order chi connectivity index (χ0) is 21.3. The Labute approximate surface area is 180 Å². The molecular formula is C21H15ClN4O3S. The maximum Gasteiger partial charge on any atom is 0.270 e. The molecular weight excluding hydrogens is 424 g/mol. The number of anilines is 1. The number of carbonyl (C=O) groups is 1. The van der Waals surface area contributed by atoms with Gasteiger partial charge in [0.05, 0.1) is 32.3 Å². The third kappa shape index (κ3) is 4.00. The minimum absolute atomic E-state index is 0.0465. The molecule has 9 heteroatoms. The third-order valence-corrected chi connectivity index (χ3v) is 5.83. The van der Waals surface area contributed by atoms with Crippen LogP contribution in [0.4, 0.5) is 10.8 Å². The molecule has 30 heavy (non-hydrogen) atoms. The summed E-state index contributed by atoms with van der Waals surface area (Å²) < 4.78 is 0.944. The molecule has 0 atom stereocenters. The molecule has 0 aliphatic rings. The predicted octanol–water partition coefficient (Wildman–Crippen LogP) is 5.41. The van der Waals surface area contributed by atoms with E-state index in [0.717, 1.165) is 21.3 Å². The second-order valence-corrected chi connectivity index (χ2v) is 8.06. The van der Waals surface area contributed by atoms with Gasteiger partial charge in [0.15, 0.2) is 5.13 Å². The van der Waals surface area contributed by atoms with Gasteiger partial charge in [-0.1, -0.05) is 35.1 Å². The van der Waals surface area contributed by atoms with Crippen LogP contribution in [0.5, 0.6) is 0 Å². The number of thiazole rings is 1. The minimum Gasteiger partial charge on any atom is -0.279 e. The van der Waals surface area contributed by atoms with Crippen molar-refractivity contribution in [2.75, 3.05) is 4.90 Å². The number of nitro groups is 1. The fourth-order valence-corrected chi connectivity index (χ4v) is 4.23. The first kappa shape index (κ1) is 19.9. The number of nitro benzene ring substituents is 1. The summed E-state index contributed by atoms with van der Waals surface area (Å²) in [6.45, 7) is 2.19. The Bertz CT molecular complexity index is 1260. The Hall–Kier alpha value is -3.36. The van der Waals surface area contributed by atoms with E-state index in [4.69, 9.17) is 11.6 Å². The number of aryl methyl sites for hydroxylation is 1. The minimum atomic E-state index is -0.557. The smallest absolute Gasteiger partial charge is 0.270 e. The number of rotatable bonds is 5. The van der Waals surface area contributed by atoms with Gasteiger partial charge in [-0.25, -0.2) is 4.98 Å². The van der Waals surface area contributed by atoms with E-state index in [0.29, 0.717) is 5.13 Å². The van der Waals surface area contributed by atoms with Crippen molar-refractivity contribution in [1.29, 1.82) is 0 Å². The van der Waals surface area contributed by atoms with Crippen molar-refractivity contribution in [3.63, 3.8) is 0 Å². The van der Waals surface area contributed by atoms with Gasteiger partial charge in [0.25, 0.3) is 11.6 Å². The fraction of sp³-hybridized carbons (Fsp3) is 0.0952. The number of aromatic nitrogens is 2. The molecule has 2 aromatic carbocycles. The summed E-state index contributed by atoms with van der Waals surface area (Å²) in [6, 6.07) is 13.3. The number of hydrogen-bond donors (Lipinski definition) is 0. The van der Waals surface area contributed by atoms with Gasteiger partial charge in [-0.3, -0.25) is 24.8 Å². The first-order valence-corrected chi connectivity index (χ1v) is 10.1. The Kier molecular flexibility index (Phi) is 5.43. The van der Waals surface area contributed by atoms with E-state index in [2.05, 4.69) is 9.97 Å². The largest absolute Gasteiger partial charge is 0.279 e. The van der Waals surface area contributed by atoms with Crippen LogP contribution >= 0.6 is 22.9 Å². The average Bonchev–Trinajstić information content (AvgIpc) is 3.15. The lowest BCUT2D eigenvalue weighted by atomic mass is 10.1. The average molecular weight is 439 g/mol. The molecule has 1 amide bonds. The van der Waals surface area contributed by atoms with E-state index in [1.807, 2.05) is 31.2 Å². The number of halogens is 1. The number of nitrogens with zero attached hydrogens (tertiary/aromatic N) is 4. The molecule has 0 unspecified atom stereocenters. The van der Waals surface area contributed by atoms with Crippen molar-refractivity contribution in [1.82, 2.24) is 9.97 Å². The molecule has 0 bridgehead atoms. The summed E-state index contributed by atoms with van der Waals surface area (Å²) in [7, 11) is 0. The van der Waals surface area contributed by atoms with Crippen molar-refractivity contribution in [2.24, 2.45) is 0 Å². The second kappa shape index (κ2) is 8.17. The number of amides is 1. The molecule has 150 valence electrons. The maximum atomic E-state index is 13.5. The van der Waals surface area contributed by atoms with Crippen molar-refractivity contribution in [3.8, 4) is 0 Å². The Morgan fingerprint density at radius 1 is 1.23 bits per heavy atom. The maximum absolute atomic E-state index is 13.5. The van der Waals surface area contributed by atoms with Crippen LogP contribution in [-0.2, 0) is 6.54 Å². The highest BCUT2D eigenvalue weighted by Crippen LogP contribution is 2.33. The van der Waals surface area contributed by atoms with E-state index < -0.39 is 10.8 Å². The standard InChI is InChI=1S/C21H15ClN4O3S/c1-13-4-7-18-19(9-13)30-21(24-18)25(12-14-3-2-8-23-11-14)20(27)16-10-15(26(28)29)5-6-17(16)22/h2-11H,12H2,1H3. The first-order chi connectivity index (χ1) is 14.4. The van der Waals surface area contributed by atoms with Crippen LogP contribution in [0.1, 0.15) is 21.5 Å². The summed E-state index contributed by atoms with van der Waals surface area (Å²) in [5, 5.41) is 11.8. The van der Waals surface area contributed by atoms with Crippen LogP contribution < -0.4 is 4.90 Å². The third-order valence-electron chi connectivity index (χ3n) is 4.46. The Morgan fingerprint density at radius 3 is 2.80 bits per heavy atom. The molecule has 0 spiro atoms. The monoisotopic (exact) mass is 438 g/mol. The molecule has 2 heterocycles. The summed E-state index contributed by atoms with van der Waals surface area (Å²) in [4.78, 5) is 34.3. The summed E-state index contributed by atoms with van der Waals surface area (Å²) in [5.74, 6) is -0.469. The number of pyridine rings is 1. The molecule has 2 aromatic heterocycles. The summed E-state index contributed by atoms with van der Waals surface area (Å²) >= 11 is 7.61. The number of non-ortho nitro benzene ring substituents is 1. The second-order valence-electron chi connectivity index (χ2n) is 6.64. The SMILES string of the molecule is Cc1ccc2nc(N(Cc3cccnc3)C(=O)c3cc([N+](=O)[O-])ccc3Cl)sc2c1. The molecule has 0 saturated heterocycles. The molecule has 7 nitrogen and oxygen atoms in total. The fourth-order valence-electron chi connectivity index (χ4n) is 2.97. The quantitative estimate of drug-likeness (QED) is 0.307. The van der Waals surface area contributed by atoms with Gasteiger partial charge in [-0.2, -0.15) is 0 Å². The van der Waals surface area contributed by atoms with Crippen molar-refractivity contribution < 1.29 is 9.72 Å². The number of carbonyl (C=O) groups excluding carboxylic acids is 1. The highest BCUT2D eigenvalue weighted by molar-refractivity contribution is 7.22. The van der Waals surface area contributed by atoms with E-state index in [9.17, 15) is 14.9 Å². The Morgan fingerprint density at radius 2 is 2.07 bits per heavy atom. The van der Waals surface area contributed by atoms with Crippen LogP contribution in [0.15, 0.2) is 60.9 Å². The highest BCUT2D eigenvalue weighted by Gasteiger charge is 2.25. The van der Waals surface area contributed by atoms with Gasteiger partial charge in [0.1, 0.15) is 0 Å². The number of benzene rings is 2. The van der Waals surface area contributed by atoms with Crippen molar-refractivity contribution in [3.05, 3.63) is 92.8 Å². The van der Waals surface area contributed by atoms with Crippen LogP contribution in [0.2, 0.25) is 5.02 Å². The molecule has 0 aliphatic heterocycles. The van der Waals surface area contributed by atoms with Gasteiger partial charge in [-0.15, -0.1) is 0 Å². The van der Waals surface area contributed by atoms with Crippen LogP contribution in [-0.4, -0.2) is 20.8 Å². The van der Waals surface area contributed by atoms with Crippen LogP contribution in [0, 0.1) is 17.0 Å². The van der Waals surface area contributed by atoms with Crippen LogP contribution in [0.25, 0.3) is 10.2 Å². The first-order valence-electron chi connectivity index (χ1n) is 8.94. The Balaban J connectivity index is 1.81. The number of fused-ring (bicyclic) bond motifs is 1. The van der Waals surface area contributed by atoms with Gasteiger partial charge in [0, 0.05) is 24.5 Å². The van der Waals surface area contributed by atoms with Crippen LogP contribution in [0.3, 0.4) is 0 Å². The van der Waals surface area contributed by atoms with E-state index >= 15 is 0 Å². The highest BCUT2D eigenvalue weighted by atomic mass is 35.5. The van der Waals surface area contributed by atoms with E-state index in [-0.39, 0.29) is 22.8 Å². The van der Waals surface area contributed by atoms with E-state index in [1.165, 1.54) is 34.4 Å². The summed E-state index contributed by atoms with van der Waals surface area (Å²) in [5.41, 5.74) is 2.50. The molecule has 0 saturated carbocycles. The normalized spacial score (nSPS) is 10.9. The molecule has 4 aromatic rings. The molecule has 0 fully saturated rings. The molecule has 0 N–H and O–H groups in total. The van der Waals surface area contributed by atoms with Gasteiger partial charge in [0.2, 0.25) is 0 Å². The van der Waals surface area contributed by atoms with E-state index in [1.54, 1.807) is 18.5 Å². The van der Waals surface area contributed by atoms with Crippen molar-refractivity contribution >= 4 is 49.9 Å². The lowest BCUT2D eigenvalue weighted by molar-refractivity contribution is -0.384. The zero-order valence-corrected chi connectivity index (χ0v) is 17.4.